The Morgan fingerprint density at radius 1 is 1.77 bits per heavy atom. The van der Waals surface area contributed by atoms with Crippen LogP contribution in [0.5, 0.6) is 0 Å². The number of hydrogen-bond donors (Lipinski definition) is 1. The topological polar surface area (TPSA) is 24.9 Å². The van der Waals surface area contributed by atoms with Gasteiger partial charge in [-0.2, -0.15) is 0 Å². The molecule has 0 aliphatic rings. The first-order chi connectivity index (χ1) is 6.24. The predicted molar refractivity (Wildman–Crippen MR) is 54.5 cm³/mol. The van der Waals surface area contributed by atoms with Gasteiger partial charge < -0.3 is 0 Å². The molecule has 0 amide bonds. The third-order valence-corrected chi connectivity index (χ3v) is 1.97. The van der Waals surface area contributed by atoms with E-state index in [1.807, 2.05) is 19.1 Å². The molecule has 1 N–H and O–H groups in total. The zero-order valence-corrected chi connectivity index (χ0v) is 8.17. The van der Waals surface area contributed by atoms with Crippen LogP contribution in [0, 0.1) is 12.3 Å². The number of nitrogens with one attached hydrogen (secondary N) is 1. The Balaban J connectivity index is 2.66. The van der Waals surface area contributed by atoms with E-state index in [1.54, 1.807) is 6.20 Å². The van der Waals surface area contributed by atoms with Crippen molar-refractivity contribution in [3.05, 3.63) is 29.0 Å². The van der Waals surface area contributed by atoms with E-state index in [4.69, 9.17) is 18.0 Å². The molecule has 0 radical (unpaired) electrons. The Labute approximate surface area is 83.3 Å². The summed E-state index contributed by atoms with van der Waals surface area (Å²) in [7, 11) is 0. The predicted octanol–water partition coefficient (Wildman–Crippen LogP) is 2.02. The van der Waals surface area contributed by atoms with Gasteiger partial charge in [-0.15, -0.1) is 6.42 Å². The van der Waals surface area contributed by atoms with Crippen LogP contribution in [0.25, 0.3) is 0 Å². The minimum Gasteiger partial charge on any atom is -0.300 e. The van der Waals surface area contributed by atoms with Crippen molar-refractivity contribution in [2.45, 2.75) is 13.0 Å². The van der Waals surface area contributed by atoms with Crippen LogP contribution in [-0.2, 0) is 0 Å². The first-order valence-electron chi connectivity index (χ1n) is 4.02. The summed E-state index contributed by atoms with van der Waals surface area (Å²) in [6.45, 7) is 2.59. The number of aromatic nitrogens is 1. The minimum atomic E-state index is 0.205. The summed E-state index contributed by atoms with van der Waals surface area (Å²) in [4.78, 5) is 3.90. The van der Waals surface area contributed by atoms with Gasteiger partial charge in [-0.1, -0.05) is 17.5 Å². The van der Waals surface area contributed by atoms with Crippen molar-refractivity contribution in [2.24, 2.45) is 0 Å². The summed E-state index contributed by atoms with van der Waals surface area (Å²) in [5.41, 5.74) is 1.09. The highest BCUT2D eigenvalue weighted by molar-refractivity contribution is 6.29. The highest BCUT2D eigenvalue weighted by Crippen LogP contribution is 2.14. The van der Waals surface area contributed by atoms with Gasteiger partial charge in [0, 0.05) is 12.2 Å². The molecule has 3 heteroatoms. The molecule has 68 valence electrons. The normalized spacial score (nSPS) is 12.1. The fourth-order valence-corrected chi connectivity index (χ4v) is 1.20. The van der Waals surface area contributed by atoms with Crippen LogP contribution >= 0.6 is 11.6 Å². The molecule has 0 spiro atoms. The lowest BCUT2D eigenvalue weighted by Crippen LogP contribution is -2.18. The molecule has 0 aromatic carbocycles. The van der Waals surface area contributed by atoms with Crippen molar-refractivity contribution in [1.29, 1.82) is 0 Å². The van der Waals surface area contributed by atoms with Crippen LogP contribution < -0.4 is 5.32 Å². The van der Waals surface area contributed by atoms with Crippen molar-refractivity contribution in [1.82, 2.24) is 10.3 Å². The molecule has 2 nitrogen and oxygen atoms in total. The zero-order valence-electron chi connectivity index (χ0n) is 7.42. The molecular formula is C10H11ClN2. The maximum Gasteiger partial charge on any atom is 0.129 e. The molecular weight excluding hydrogens is 184 g/mol. The van der Waals surface area contributed by atoms with Crippen LogP contribution in [0.4, 0.5) is 0 Å². The van der Waals surface area contributed by atoms with Crippen molar-refractivity contribution >= 4 is 11.6 Å². The summed E-state index contributed by atoms with van der Waals surface area (Å²) in [6.07, 6.45) is 6.82. The highest BCUT2D eigenvalue weighted by Gasteiger charge is 2.03. The third-order valence-electron chi connectivity index (χ3n) is 1.76. The molecule has 0 saturated heterocycles. The number of rotatable bonds is 3. The fourth-order valence-electron chi connectivity index (χ4n) is 1.02. The molecule has 0 aliphatic heterocycles. The van der Waals surface area contributed by atoms with Gasteiger partial charge >= 0.3 is 0 Å². The Hall–Kier alpha value is -1.04. The summed E-state index contributed by atoms with van der Waals surface area (Å²) in [5.74, 6) is 2.52. The van der Waals surface area contributed by atoms with Crippen molar-refractivity contribution < 1.29 is 0 Å². The van der Waals surface area contributed by atoms with Crippen molar-refractivity contribution in [3.8, 4) is 12.3 Å². The lowest BCUT2D eigenvalue weighted by atomic mass is 10.1. The Kier molecular flexibility index (Phi) is 3.75. The minimum absolute atomic E-state index is 0.205. The van der Waals surface area contributed by atoms with Crippen molar-refractivity contribution in [3.63, 3.8) is 0 Å². The van der Waals surface area contributed by atoms with Gasteiger partial charge in [-0.3, -0.25) is 5.32 Å². The monoisotopic (exact) mass is 194 g/mol. The van der Waals surface area contributed by atoms with E-state index < -0.39 is 0 Å². The van der Waals surface area contributed by atoms with Crippen LogP contribution in [-0.4, -0.2) is 11.5 Å². The van der Waals surface area contributed by atoms with E-state index in [0.29, 0.717) is 11.7 Å². The molecule has 13 heavy (non-hydrogen) atoms. The number of terminal acetylenes is 1. The average molecular weight is 195 g/mol. The van der Waals surface area contributed by atoms with Gasteiger partial charge in [-0.05, 0) is 24.6 Å². The fraction of sp³-hybridized carbons (Fsp3) is 0.300. The van der Waals surface area contributed by atoms with E-state index >= 15 is 0 Å². The molecule has 1 heterocycles. The third kappa shape index (κ3) is 3.06. The first kappa shape index (κ1) is 10.0. The van der Waals surface area contributed by atoms with Gasteiger partial charge in [0.25, 0.3) is 0 Å². The highest BCUT2D eigenvalue weighted by atomic mass is 35.5. The lowest BCUT2D eigenvalue weighted by Gasteiger charge is -2.11. The van der Waals surface area contributed by atoms with E-state index in [0.717, 1.165) is 5.56 Å². The average Bonchev–Trinajstić information content (AvgIpc) is 2.14. The maximum atomic E-state index is 5.74. The van der Waals surface area contributed by atoms with Gasteiger partial charge in [-0.25, -0.2) is 4.98 Å². The Morgan fingerprint density at radius 2 is 2.54 bits per heavy atom. The SMILES string of the molecule is C#CCNC(C)c1ccnc(Cl)c1. The molecule has 1 aromatic heterocycles. The van der Waals surface area contributed by atoms with E-state index in [-0.39, 0.29) is 6.04 Å². The van der Waals surface area contributed by atoms with Crippen LogP contribution in [0.3, 0.4) is 0 Å². The smallest absolute Gasteiger partial charge is 0.129 e. The molecule has 0 fully saturated rings. The zero-order chi connectivity index (χ0) is 9.68. The van der Waals surface area contributed by atoms with E-state index in [2.05, 4.69) is 16.2 Å². The largest absolute Gasteiger partial charge is 0.300 e. The van der Waals surface area contributed by atoms with Gasteiger partial charge in [0.05, 0.1) is 6.54 Å². The number of pyridine rings is 1. The molecule has 0 saturated carbocycles. The summed E-state index contributed by atoms with van der Waals surface area (Å²) in [6, 6.07) is 3.95. The van der Waals surface area contributed by atoms with Gasteiger partial charge in [0.15, 0.2) is 0 Å². The van der Waals surface area contributed by atoms with Gasteiger partial charge in [0.2, 0.25) is 0 Å². The maximum absolute atomic E-state index is 5.74. The Bertz CT molecular complexity index is 317. The second-order valence-electron chi connectivity index (χ2n) is 2.72. The quantitative estimate of drug-likeness (QED) is 0.588. The number of halogens is 1. The summed E-state index contributed by atoms with van der Waals surface area (Å²) in [5, 5.41) is 3.66. The van der Waals surface area contributed by atoms with E-state index in [9.17, 15) is 0 Å². The second kappa shape index (κ2) is 4.86. The Morgan fingerprint density at radius 3 is 3.15 bits per heavy atom. The van der Waals surface area contributed by atoms with Gasteiger partial charge in [0.1, 0.15) is 5.15 Å². The molecule has 0 bridgehead atoms. The van der Waals surface area contributed by atoms with Crippen molar-refractivity contribution in [2.75, 3.05) is 6.54 Å². The molecule has 0 aliphatic carbocycles. The van der Waals surface area contributed by atoms with Crippen LogP contribution in [0.15, 0.2) is 18.3 Å². The second-order valence-corrected chi connectivity index (χ2v) is 3.11. The van der Waals surface area contributed by atoms with Crippen LogP contribution in [0.2, 0.25) is 5.15 Å². The van der Waals surface area contributed by atoms with E-state index in [1.165, 1.54) is 0 Å². The summed E-state index contributed by atoms with van der Waals surface area (Å²) < 4.78 is 0. The standard InChI is InChI=1S/C10H11ClN2/c1-3-5-12-8(2)9-4-6-13-10(11)7-9/h1,4,6-8,12H,5H2,2H3. The summed E-state index contributed by atoms with van der Waals surface area (Å²) >= 11 is 5.74. The first-order valence-corrected chi connectivity index (χ1v) is 4.40. The molecule has 1 unspecified atom stereocenters. The molecule has 1 rings (SSSR count). The lowest BCUT2D eigenvalue weighted by molar-refractivity contribution is 0.622. The number of hydrogen-bond acceptors (Lipinski definition) is 2. The number of nitrogens with zero attached hydrogens (tertiary/aromatic N) is 1. The molecule has 1 atom stereocenters. The molecule has 1 aromatic rings. The van der Waals surface area contributed by atoms with Crippen LogP contribution in [0.1, 0.15) is 18.5 Å².